The van der Waals surface area contributed by atoms with Crippen molar-refractivity contribution in [3.8, 4) is 0 Å². The minimum absolute atomic E-state index is 0.0724. The largest absolute Gasteiger partial charge is 0.351 e. The Balaban J connectivity index is 4.14. The van der Waals surface area contributed by atoms with E-state index in [1.807, 2.05) is 46.7 Å². The summed E-state index contributed by atoms with van der Waals surface area (Å²) in [6.45, 7) is 8.70. The Morgan fingerprint density at radius 1 is 1.40 bits per heavy atom. The van der Waals surface area contributed by atoms with Gasteiger partial charge in [0.2, 0.25) is 5.91 Å². The highest BCUT2D eigenvalue weighted by molar-refractivity contribution is 5.82. The van der Waals surface area contributed by atoms with E-state index in [0.717, 1.165) is 6.54 Å². The Morgan fingerprint density at radius 3 is 2.20 bits per heavy atom. The van der Waals surface area contributed by atoms with Crippen molar-refractivity contribution in [2.24, 2.45) is 11.1 Å². The second-order valence-corrected chi connectivity index (χ2v) is 5.52. The van der Waals surface area contributed by atoms with E-state index in [4.69, 9.17) is 5.73 Å². The summed E-state index contributed by atoms with van der Waals surface area (Å²) >= 11 is 0. The van der Waals surface area contributed by atoms with E-state index in [1.54, 1.807) is 0 Å². The lowest BCUT2D eigenvalue weighted by atomic mass is 9.87. The maximum Gasteiger partial charge on any atom is 0.237 e. The van der Waals surface area contributed by atoms with E-state index in [1.165, 1.54) is 0 Å². The van der Waals surface area contributed by atoms with Crippen LogP contribution in [-0.2, 0) is 4.79 Å². The molecule has 0 aliphatic heterocycles. The molecule has 3 N–H and O–H groups in total. The maximum absolute atomic E-state index is 11.7. The van der Waals surface area contributed by atoms with Crippen LogP contribution in [0.4, 0.5) is 0 Å². The Labute approximate surface area is 93.2 Å². The number of hydrogen-bond donors (Lipinski definition) is 2. The number of likely N-dealkylation sites (N-methyl/N-ethyl adjacent to an activating group) is 1. The van der Waals surface area contributed by atoms with Crippen molar-refractivity contribution in [2.45, 2.75) is 39.8 Å². The van der Waals surface area contributed by atoms with Crippen LogP contribution in [0.5, 0.6) is 0 Å². The van der Waals surface area contributed by atoms with Gasteiger partial charge in [-0.15, -0.1) is 0 Å². The molecule has 15 heavy (non-hydrogen) atoms. The molecular weight excluding hydrogens is 190 g/mol. The van der Waals surface area contributed by atoms with E-state index in [2.05, 4.69) is 5.32 Å². The van der Waals surface area contributed by atoms with Gasteiger partial charge in [0.1, 0.15) is 0 Å². The third-order valence-corrected chi connectivity index (χ3v) is 2.24. The van der Waals surface area contributed by atoms with Crippen molar-refractivity contribution in [1.29, 1.82) is 0 Å². The number of nitrogens with zero attached hydrogens (tertiary/aromatic N) is 1. The molecule has 4 nitrogen and oxygen atoms in total. The molecule has 0 fully saturated rings. The van der Waals surface area contributed by atoms with Crippen LogP contribution < -0.4 is 11.1 Å². The number of carbonyl (C=O) groups is 1. The number of nitrogens with one attached hydrogen (secondary N) is 1. The average Bonchev–Trinajstić information content (AvgIpc) is 1.99. The average molecular weight is 215 g/mol. The van der Waals surface area contributed by atoms with Crippen molar-refractivity contribution in [1.82, 2.24) is 10.2 Å². The highest BCUT2D eigenvalue weighted by Gasteiger charge is 2.27. The molecule has 0 radical (unpaired) electrons. The van der Waals surface area contributed by atoms with Crippen molar-refractivity contribution in [2.75, 3.05) is 20.6 Å². The van der Waals surface area contributed by atoms with Gasteiger partial charge in [-0.2, -0.15) is 0 Å². The Kier molecular flexibility index (Phi) is 5.24. The first-order valence-electron chi connectivity index (χ1n) is 5.35. The molecule has 1 unspecified atom stereocenters. The zero-order valence-corrected chi connectivity index (χ0v) is 10.8. The second-order valence-electron chi connectivity index (χ2n) is 5.52. The Hall–Kier alpha value is -0.610. The van der Waals surface area contributed by atoms with Crippen LogP contribution in [0.15, 0.2) is 0 Å². The summed E-state index contributed by atoms with van der Waals surface area (Å²) < 4.78 is 0. The van der Waals surface area contributed by atoms with Gasteiger partial charge in [-0.1, -0.05) is 20.8 Å². The second kappa shape index (κ2) is 5.47. The first kappa shape index (κ1) is 14.4. The summed E-state index contributed by atoms with van der Waals surface area (Å²) in [7, 11) is 3.96. The van der Waals surface area contributed by atoms with Gasteiger partial charge in [0.05, 0.1) is 6.04 Å². The number of hydrogen-bond acceptors (Lipinski definition) is 3. The molecule has 2 atom stereocenters. The fourth-order valence-corrected chi connectivity index (χ4v) is 1.32. The molecule has 0 saturated heterocycles. The molecule has 0 aliphatic carbocycles. The van der Waals surface area contributed by atoms with Crippen molar-refractivity contribution < 1.29 is 4.79 Å². The minimum atomic E-state index is -0.456. The molecule has 1 amide bonds. The molecule has 0 saturated carbocycles. The molecule has 0 aromatic carbocycles. The van der Waals surface area contributed by atoms with Gasteiger partial charge in [-0.05, 0) is 26.4 Å². The summed E-state index contributed by atoms with van der Waals surface area (Å²) in [6.07, 6.45) is 0. The predicted octanol–water partition coefficient (Wildman–Crippen LogP) is 0.426. The molecule has 0 aromatic heterocycles. The molecule has 4 heteroatoms. The van der Waals surface area contributed by atoms with E-state index in [9.17, 15) is 4.79 Å². The summed E-state index contributed by atoms with van der Waals surface area (Å²) in [5.74, 6) is -0.0724. The highest BCUT2D eigenvalue weighted by Crippen LogP contribution is 2.17. The van der Waals surface area contributed by atoms with Crippen molar-refractivity contribution in [3.05, 3.63) is 0 Å². The molecule has 90 valence electrons. The van der Waals surface area contributed by atoms with Gasteiger partial charge in [0.25, 0.3) is 0 Å². The first-order valence-corrected chi connectivity index (χ1v) is 5.35. The lowest BCUT2D eigenvalue weighted by molar-refractivity contribution is -0.125. The molecule has 0 bridgehead atoms. The van der Waals surface area contributed by atoms with E-state index in [0.29, 0.717) is 0 Å². The van der Waals surface area contributed by atoms with E-state index >= 15 is 0 Å². The van der Waals surface area contributed by atoms with Crippen LogP contribution in [0, 0.1) is 5.41 Å². The van der Waals surface area contributed by atoms with Gasteiger partial charge in [-0.25, -0.2) is 0 Å². The standard InChI is InChI=1S/C11H25N3O/c1-8(7-14(5)6)13-10(15)9(12)11(2,3)4/h8-9H,7,12H2,1-6H3,(H,13,15)/t8?,9-/m1/s1. The van der Waals surface area contributed by atoms with Crippen molar-refractivity contribution in [3.63, 3.8) is 0 Å². The van der Waals surface area contributed by atoms with Crippen LogP contribution >= 0.6 is 0 Å². The first-order chi connectivity index (χ1) is 6.64. The molecule has 0 aromatic rings. The summed E-state index contributed by atoms with van der Waals surface area (Å²) in [5, 5.41) is 2.91. The SMILES string of the molecule is CC(CN(C)C)NC(=O)[C@@H](N)C(C)(C)C. The fourth-order valence-electron chi connectivity index (χ4n) is 1.32. The van der Waals surface area contributed by atoms with Crippen LogP contribution in [0.2, 0.25) is 0 Å². The smallest absolute Gasteiger partial charge is 0.237 e. The lowest BCUT2D eigenvalue weighted by Gasteiger charge is -2.28. The molecule has 0 spiro atoms. The summed E-state index contributed by atoms with van der Waals surface area (Å²) in [6, 6.07) is -0.331. The number of rotatable bonds is 4. The third kappa shape index (κ3) is 5.74. The van der Waals surface area contributed by atoms with E-state index < -0.39 is 6.04 Å². The summed E-state index contributed by atoms with van der Waals surface area (Å²) in [5.41, 5.74) is 5.66. The topological polar surface area (TPSA) is 58.4 Å². The van der Waals surface area contributed by atoms with Crippen LogP contribution in [0.25, 0.3) is 0 Å². The monoisotopic (exact) mass is 215 g/mol. The van der Waals surface area contributed by atoms with Gasteiger partial charge in [0.15, 0.2) is 0 Å². The zero-order valence-electron chi connectivity index (χ0n) is 10.8. The lowest BCUT2D eigenvalue weighted by Crippen LogP contribution is -2.52. The fraction of sp³-hybridized carbons (Fsp3) is 0.909. The van der Waals surface area contributed by atoms with Crippen LogP contribution in [-0.4, -0.2) is 43.5 Å². The molecular formula is C11H25N3O. The third-order valence-electron chi connectivity index (χ3n) is 2.24. The normalized spacial score (nSPS) is 16.3. The highest BCUT2D eigenvalue weighted by atomic mass is 16.2. The van der Waals surface area contributed by atoms with Crippen molar-refractivity contribution >= 4 is 5.91 Å². The van der Waals surface area contributed by atoms with Crippen LogP contribution in [0.3, 0.4) is 0 Å². The quantitative estimate of drug-likeness (QED) is 0.715. The number of amides is 1. The van der Waals surface area contributed by atoms with Gasteiger partial charge >= 0.3 is 0 Å². The summed E-state index contributed by atoms with van der Waals surface area (Å²) in [4.78, 5) is 13.8. The predicted molar refractivity (Wildman–Crippen MR) is 63.6 cm³/mol. The maximum atomic E-state index is 11.7. The van der Waals surface area contributed by atoms with Gasteiger partial charge < -0.3 is 16.0 Å². The Bertz CT molecular complexity index is 208. The molecule has 0 rings (SSSR count). The molecule has 0 heterocycles. The number of nitrogens with two attached hydrogens (primary N) is 1. The Morgan fingerprint density at radius 2 is 1.87 bits per heavy atom. The zero-order chi connectivity index (χ0) is 12.2. The van der Waals surface area contributed by atoms with Gasteiger partial charge in [-0.3, -0.25) is 4.79 Å². The minimum Gasteiger partial charge on any atom is -0.351 e. The van der Waals surface area contributed by atoms with Gasteiger partial charge in [0, 0.05) is 12.6 Å². The molecule has 0 aliphatic rings. The number of carbonyl (C=O) groups excluding carboxylic acids is 1. The van der Waals surface area contributed by atoms with Crippen LogP contribution in [0.1, 0.15) is 27.7 Å². The van der Waals surface area contributed by atoms with E-state index in [-0.39, 0.29) is 17.4 Å².